The van der Waals surface area contributed by atoms with Crippen LogP contribution in [0, 0.1) is 0 Å². The number of ether oxygens (including phenoxy) is 1. The van der Waals surface area contributed by atoms with Crippen LogP contribution in [0.4, 0.5) is 0 Å². The van der Waals surface area contributed by atoms with Crippen molar-refractivity contribution in [2.24, 2.45) is 0 Å². The van der Waals surface area contributed by atoms with Crippen molar-refractivity contribution < 1.29 is 4.74 Å². The Bertz CT molecular complexity index is 1230. The van der Waals surface area contributed by atoms with E-state index in [9.17, 15) is 0 Å². The summed E-state index contributed by atoms with van der Waals surface area (Å²) in [5.41, 5.74) is 1.05. The molecule has 1 aliphatic rings. The summed E-state index contributed by atoms with van der Waals surface area (Å²) in [5, 5.41) is 13.0. The Kier molecular flexibility index (Phi) is 6.98. The summed E-state index contributed by atoms with van der Waals surface area (Å²) >= 11 is 29.8. The molecule has 9 nitrogen and oxygen atoms in total. The zero-order valence-corrected chi connectivity index (χ0v) is 20.9. The van der Waals surface area contributed by atoms with E-state index in [1.54, 1.807) is 4.68 Å². The molecule has 5 heterocycles. The third-order valence-electron chi connectivity index (χ3n) is 4.16. The van der Waals surface area contributed by atoms with Gasteiger partial charge in [0.2, 0.25) is 10.6 Å². The van der Waals surface area contributed by atoms with Gasteiger partial charge < -0.3 is 4.74 Å². The first-order valence-electron chi connectivity index (χ1n) is 8.46. The van der Waals surface area contributed by atoms with E-state index in [1.165, 1.54) is 0 Å². The van der Waals surface area contributed by atoms with Crippen molar-refractivity contribution >= 4 is 100 Å². The van der Waals surface area contributed by atoms with Crippen LogP contribution in [0.25, 0.3) is 22.1 Å². The van der Waals surface area contributed by atoms with Crippen LogP contribution in [0.2, 0.25) is 20.9 Å². The van der Waals surface area contributed by atoms with Crippen LogP contribution in [0.3, 0.4) is 0 Å². The molecule has 1 unspecified atom stereocenters. The zero-order chi connectivity index (χ0) is 21.4. The van der Waals surface area contributed by atoms with Crippen molar-refractivity contribution in [1.29, 1.82) is 0 Å². The normalized spacial score (nSPS) is 16.7. The minimum Gasteiger partial charge on any atom is -0.356 e. The molecule has 4 aromatic rings. The van der Waals surface area contributed by atoms with E-state index in [1.807, 2.05) is 0 Å². The van der Waals surface area contributed by atoms with Gasteiger partial charge in [-0.2, -0.15) is 20.2 Å². The van der Waals surface area contributed by atoms with Crippen molar-refractivity contribution in [2.75, 3.05) is 6.61 Å². The molecular formula is C15H10Br2Cl4N8O. The van der Waals surface area contributed by atoms with Gasteiger partial charge in [0.15, 0.2) is 17.5 Å². The highest BCUT2D eigenvalue weighted by Crippen LogP contribution is 2.33. The summed E-state index contributed by atoms with van der Waals surface area (Å²) in [6, 6.07) is 0. The van der Waals surface area contributed by atoms with Crippen molar-refractivity contribution in [3.05, 3.63) is 30.1 Å². The monoisotopic (exact) mass is 616 g/mol. The average Bonchev–Trinajstić information content (AvgIpc) is 3.23. The van der Waals surface area contributed by atoms with Crippen molar-refractivity contribution in [2.45, 2.75) is 25.5 Å². The van der Waals surface area contributed by atoms with Crippen LogP contribution < -0.4 is 0 Å². The number of hydrogen-bond donors (Lipinski definition) is 1. The van der Waals surface area contributed by atoms with Gasteiger partial charge in [-0.1, -0.05) is 23.2 Å². The van der Waals surface area contributed by atoms with Gasteiger partial charge in [-0.15, -0.1) is 0 Å². The van der Waals surface area contributed by atoms with Gasteiger partial charge in [0.25, 0.3) is 0 Å². The molecule has 0 aromatic carbocycles. The molecule has 1 N–H and O–H groups in total. The predicted octanol–water partition coefficient (Wildman–Crippen LogP) is 6.02. The van der Waals surface area contributed by atoms with Crippen LogP contribution in [0.1, 0.15) is 25.5 Å². The maximum atomic E-state index is 6.06. The fourth-order valence-electron chi connectivity index (χ4n) is 2.87. The molecule has 4 aromatic heterocycles. The van der Waals surface area contributed by atoms with E-state index in [4.69, 9.17) is 51.1 Å². The minimum absolute atomic E-state index is 0.0894. The Balaban J connectivity index is 0.000000158. The van der Waals surface area contributed by atoms with Crippen LogP contribution in [0.5, 0.6) is 0 Å². The molecule has 0 saturated carbocycles. The number of fused-ring (bicyclic) bond motifs is 2. The number of rotatable bonds is 1. The number of nitrogens with one attached hydrogen (secondary N) is 1. The van der Waals surface area contributed by atoms with Crippen molar-refractivity contribution in [3.63, 3.8) is 0 Å². The van der Waals surface area contributed by atoms with Crippen LogP contribution in [0.15, 0.2) is 9.21 Å². The SMILES string of the molecule is Clc1nc(Cl)c2c(Br)[nH]nc2n1.Clc1nc(Cl)c2c(Br)nn(C3CCCCO3)c2n1. The van der Waals surface area contributed by atoms with E-state index < -0.39 is 0 Å². The molecule has 30 heavy (non-hydrogen) atoms. The highest BCUT2D eigenvalue weighted by Gasteiger charge is 2.23. The van der Waals surface area contributed by atoms with Gasteiger partial charge in [-0.25, -0.2) is 14.6 Å². The van der Waals surface area contributed by atoms with Crippen molar-refractivity contribution in [1.82, 2.24) is 39.9 Å². The highest BCUT2D eigenvalue weighted by molar-refractivity contribution is 9.10. The smallest absolute Gasteiger partial charge is 0.225 e. The van der Waals surface area contributed by atoms with Gasteiger partial charge in [-0.05, 0) is 74.3 Å². The summed E-state index contributed by atoms with van der Waals surface area (Å²) in [4.78, 5) is 15.7. The Morgan fingerprint density at radius 2 is 1.63 bits per heavy atom. The number of H-pyrrole nitrogens is 1. The van der Waals surface area contributed by atoms with Crippen molar-refractivity contribution in [3.8, 4) is 0 Å². The van der Waals surface area contributed by atoms with E-state index in [2.05, 4.69) is 67.1 Å². The Morgan fingerprint density at radius 1 is 0.933 bits per heavy atom. The third-order valence-corrected chi connectivity index (χ3v) is 6.18. The van der Waals surface area contributed by atoms with E-state index >= 15 is 0 Å². The Morgan fingerprint density at radius 3 is 2.33 bits per heavy atom. The maximum absolute atomic E-state index is 6.06. The molecule has 158 valence electrons. The number of hydrogen-bond acceptors (Lipinski definition) is 7. The van der Waals surface area contributed by atoms with Crippen LogP contribution >= 0.6 is 78.3 Å². The lowest BCUT2D eigenvalue weighted by Gasteiger charge is -2.22. The first-order chi connectivity index (χ1) is 14.3. The molecule has 1 atom stereocenters. The van der Waals surface area contributed by atoms with Gasteiger partial charge in [0.1, 0.15) is 19.5 Å². The largest absolute Gasteiger partial charge is 0.356 e. The summed E-state index contributed by atoms with van der Waals surface area (Å²) in [5.74, 6) is 0. The lowest BCUT2D eigenvalue weighted by atomic mass is 10.2. The lowest BCUT2D eigenvalue weighted by Crippen LogP contribution is -2.19. The van der Waals surface area contributed by atoms with E-state index in [0.717, 1.165) is 25.9 Å². The molecule has 1 fully saturated rings. The first kappa shape index (κ1) is 22.4. The third kappa shape index (κ3) is 4.52. The van der Waals surface area contributed by atoms with Gasteiger partial charge in [-0.3, -0.25) is 5.10 Å². The maximum Gasteiger partial charge on any atom is 0.225 e. The topological polar surface area (TPSA) is 107 Å². The van der Waals surface area contributed by atoms with E-state index in [0.29, 0.717) is 36.4 Å². The molecule has 1 aliphatic heterocycles. The van der Waals surface area contributed by atoms with E-state index in [-0.39, 0.29) is 21.9 Å². The number of nitrogens with zero attached hydrogens (tertiary/aromatic N) is 7. The number of aromatic nitrogens is 8. The second kappa shape index (κ2) is 9.35. The molecule has 1 saturated heterocycles. The molecular weight excluding hydrogens is 610 g/mol. The summed E-state index contributed by atoms with van der Waals surface area (Å²) in [7, 11) is 0. The molecule has 0 radical (unpaired) electrons. The summed E-state index contributed by atoms with van der Waals surface area (Å²) < 4.78 is 8.68. The Labute approximate surface area is 206 Å². The van der Waals surface area contributed by atoms with Crippen LogP contribution in [-0.2, 0) is 4.74 Å². The highest BCUT2D eigenvalue weighted by atomic mass is 79.9. The van der Waals surface area contributed by atoms with Crippen LogP contribution in [-0.4, -0.2) is 46.5 Å². The molecule has 15 heteroatoms. The summed E-state index contributed by atoms with van der Waals surface area (Å²) in [6.07, 6.45) is 2.97. The standard InChI is InChI=1S/C10H9BrCl2N4O.C5HBrCl2N4/c11-7-6-8(12)14-10(13)15-9(6)17(16-7)5-3-1-2-4-18-5;6-2-1-3(7)9-5(8)10-4(1)12-11-2/h5H,1-4H2;(H,9,10,11,12). The number of halogens is 6. The lowest BCUT2D eigenvalue weighted by molar-refractivity contribution is -0.0371. The van der Waals surface area contributed by atoms with Gasteiger partial charge >= 0.3 is 0 Å². The second-order valence-corrected chi connectivity index (χ2v) is 8.99. The zero-order valence-electron chi connectivity index (χ0n) is 14.7. The fourth-order valence-corrected chi connectivity index (χ4v) is 5.02. The minimum atomic E-state index is -0.116. The quantitative estimate of drug-likeness (QED) is 0.205. The average molecular weight is 620 g/mol. The van der Waals surface area contributed by atoms with Gasteiger partial charge in [0, 0.05) is 6.61 Å². The number of aromatic amines is 1. The Hall–Kier alpha value is -0.820. The summed E-state index contributed by atoms with van der Waals surface area (Å²) in [6.45, 7) is 0.732. The molecule has 0 amide bonds. The second-order valence-electron chi connectivity index (χ2n) is 6.06. The molecule has 0 aliphatic carbocycles. The van der Waals surface area contributed by atoms with Gasteiger partial charge in [0.05, 0.1) is 10.8 Å². The fraction of sp³-hybridized carbons (Fsp3) is 0.333. The molecule has 0 spiro atoms. The predicted molar refractivity (Wildman–Crippen MR) is 121 cm³/mol. The molecule has 0 bridgehead atoms. The molecule has 5 rings (SSSR count). The first-order valence-corrected chi connectivity index (χ1v) is 11.6.